The zero-order valence-electron chi connectivity index (χ0n) is 8.98. The van der Waals surface area contributed by atoms with E-state index in [1.54, 1.807) is 0 Å². The van der Waals surface area contributed by atoms with Crippen molar-refractivity contribution in [1.82, 2.24) is 14.8 Å². The summed E-state index contributed by atoms with van der Waals surface area (Å²) in [5.74, 6) is 2.08. The fraction of sp³-hybridized carbons (Fsp3) is 0.818. The van der Waals surface area contributed by atoms with Crippen LogP contribution in [0.25, 0.3) is 0 Å². The van der Waals surface area contributed by atoms with E-state index in [1.165, 1.54) is 25.7 Å². The van der Waals surface area contributed by atoms with Crippen LogP contribution in [-0.2, 0) is 17.7 Å². The van der Waals surface area contributed by atoms with Crippen molar-refractivity contribution in [2.75, 3.05) is 6.61 Å². The van der Waals surface area contributed by atoms with Gasteiger partial charge in [0.1, 0.15) is 11.9 Å². The highest BCUT2D eigenvalue weighted by Crippen LogP contribution is 2.26. The van der Waals surface area contributed by atoms with Crippen LogP contribution in [0.1, 0.15) is 49.9 Å². The lowest BCUT2D eigenvalue weighted by molar-refractivity contribution is 0.00936. The smallest absolute Gasteiger partial charge is 0.179 e. The molecule has 3 rings (SSSR count). The van der Waals surface area contributed by atoms with Crippen LogP contribution in [0.3, 0.4) is 0 Å². The Morgan fingerprint density at radius 1 is 1.20 bits per heavy atom. The molecule has 0 spiro atoms. The first kappa shape index (κ1) is 9.33. The van der Waals surface area contributed by atoms with Gasteiger partial charge in [-0.25, -0.2) is 9.67 Å². The quantitative estimate of drug-likeness (QED) is 0.705. The molecule has 0 aliphatic carbocycles. The fourth-order valence-electron chi connectivity index (χ4n) is 2.38. The number of ether oxygens (including phenoxy) is 1. The second-order valence-electron chi connectivity index (χ2n) is 4.42. The van der Waals surface area contributed by atoms with E-state index in [9.17, 15) is 0 Å². The van der Waals surface area contributed by atoms with E-state index >= 15 is 0 Å². The summed E-state index contributed by atoms with van der Waals surface area (Å²) in [5.41, 5.74) is 0. The summed E-state index contributed by atoms with van der Waals surface area (Å²) >= 11 is 0. The van der Waals surface area contributed by atoms with Gasteiger partial charge in [0.05, 0.1) is 0 Å². The molecule has 4 heteroatoms. The van der Waals surface area contributed by atoms with Gasteiger partial charge in [0.2, 0.25) is 0 Å². The number of aromatic nitrogens is 3. The SMILES string of the molecule is C1CCC(c2nc3n(n2)CCCC3)OC1. The summed E-state index contributed by atoms with van der Waals surface area (Å²) < 4.78 is 7.77. The van der Waals surface area contributed by atoms with Gasteiger partial charge in [0.15, 0.2) is 5.82 Å². The monoisotopic (exact) mass is 207 g/mol. The topological polar surface area (TPSA) is 39.9 Å². The molecule has 2 aliphatic heterocycles. The molecule has 15 heavy (non-hydrogen) atoms. The van der Waals surface area contributed by atoms with Crippen molar-refractivity contribution in [3.8, 4) is 0 Å². The van der Waals surface area contributed by atoms with E-state index < -0.39 is 0 Å². The minimum atomic E-state index is 0.164. The molecule has 3 heterocycles. The van der Waals surface area contributed by atoms with E-state index in [1.807, 2.05) is 0 Å². The van der Waals surface area contributed by atoms with Crippen LogP contribution in [0.15, 0.2) is 0 Å². The maximum atomic E-state index is 5.70. The second-order valence-corrected chi connectivity index (χ2v) is 4.42. The molecular weight excluding hydrogens is 190 g/mol. The van der Waals surface area contributed by atoms with Gasteiger partial charge in [0.25, 0.3) is 0 Å². The Hall–Kier alpha value is -0.900. The predicted molar refractivity (Wildman–Crippen MR) is 55.5 cm³/mol. The van der Waals surface area contributed by atoms with Gasteiger partial charge in [-0.2, -0.15) is 5.10 Å². The average molecular weight is 207 g/mol. The van der Waals surface area contributed by atoms with Crippen LogP contribution in [0.4, 0.5) is 0 Å². The molecule has 0 radical (unpaired) electrons. The van der Waals surface area contributed by atoms with Gasteiger partial charge >= 0.3 is 0 Å². The maximum absolute atomic E-state index is 5.70. The molecule has 1 atom stereocenters. The summed E-state index contributed by atoms with van der Waals surface area (Å²) in [4.78, 5) is 4.60. The van der Waals surface area contributed by atoms with E-state index in [4.69, 9.17) is 4.74 Å². The first-order valence-electron chi connectivity index (χ1n) is 5.99. The Kier molecular flexibility index (Phi) is 2.44. The van der Waals surface area contributed by atoms with Gasteiger partial charge in [-0.1, -0.05) is 0 Å². The minimum absolute atomic E-state index is 0.164. The Labute approximate surface area is 89.6 Å². The normalized spacial score (nSPS) is 26.3. The first-order chi connectivity index (χ1) is 7.43. The van der Waals surface area contributed by atoms with E-state index in [-0.39, 0.29) is 6.10 Å². The molecular formula is C11H17N3O. The number of fused-ring (bicyclic) bond motifs is 1. The summed E-state index contributed by atoms with van der Waals surface area (Å²) in [5, 5.41) is 4.56. The third-order valence-electron chi connectivity index (χ3n) is 3.25. The lowest BCUT2D eigenvalue weighted by Gasteiger charge is -2.19. The number of aryl methyl sites for hydroxylation is 2. The zero-order chi connectivity index (χ0) is 10.1. The molecule has 2 aliphatic rings. The van der Waals surface area contributed by atoms with Gasteiger partial charge < -0.3 is 4.74 Å². The standard InChI is InChI=1S/C11H17N3O/c1-3-7-14-10(6-1)12-11(13-14)9-5-2-4-8-15-9/h9H,1-8H2. The van der Waals surface area contributed by atoms with Gasteiger partial charge in [0, 0.05) is 19.6 Å². The molecule has 1 fully saturated rings. The van der Waals surface area contributed by atoms with Crippen LogP contribution in [0, 0.1) is 0 Å². The van der Waals surface area contributed by atoms with Crippen LogP contribution in [0.5, 0.6) is 0 Å². The Bertz CT molecular complexity index is 318. The highest BCUT2D eigenvalue weighted by atomic mass is 16.5. The number of nitrogens with zero attached hydrogens (tertiary/aromatic N) is 3. The van der Waals surface area contributed by atoms with E-state index in [0.29, 0.717) is 0 Å². The average Bonchev–Trinajstić information content (AvgIpc) is 2.74. The van der Waals surface area contributed by atoms with Gasteiger partial charge in [-0.15, -0.1) is 0 Å². The van der Waals surface area contributed by atoms with Crippen molar-refractivity contribution in [2.24, 2.45) is 0 Å². The highest BCUT2D eigenvalue weighted by molar-refractivity contribution is 4.99. The summed E-state index contributed by atoms with van der Waals surface area (Å²) in [6.07, 6.45) is 7.25. The molecule has 1 aromatic heterocycles. The zero-order valence-corrected chi connectivity index (χ0v) is 8.98. The van der Waals surface area contributed by atoms with Gasteiger partial charge in [-0.3, -0.25) is 0 Å². The van der Waals surface area contributed by atoms with Crippen LogP contribution in [-0.4, -0.2) is 21.4 Å². The molecule has 0 N–H and O–H groups in total. The minimum Gasteiger partial charge on any atom is -0.370 e. The second kappa shape index (κ2) is 3.93. The molecule has 0 amide bonds. The molecule has 4 nitrogen and oxygen atoms in total. The molecule has 0 saturated carbocycles. The third-order valence-corrected chi connectivity index (χ3v) is 3.25. The molecule has 1 saturated heterocycles. The number of hydrogen-bond donors (Lipinski definition) is 0. The molecule has 1 aromatic rings. The largest absolute Gasteiger partial charge is 0.370 e. The lowest BCUT2D eigenvalue weighted by atomic mass is 10.1. The van der Waals surface area contributed by atoms with Crippen molar-refractivity contribution < 1.29 is 4.74 Å². The summed E-state index contributed by atoms with van der Waals surface area (Å²) in [7, 11) is 0. The molecule has 0 aromatic carbocycles. The van der Waals surface area contributed by atoms with Crippen LogP contribution >= 0.6 is 0 Å². The maximum Gasteiger partial charge on any atom is 0.179 e. The fourth-order valence-corrected chi connectivity index (χ4v) is 2.38. The lowest BCUT2D eigenvalue weighted by Crippen LogP contribution is -2.13. The van der Waals surface area contributed by atoms with Crippen LogP contribution < -0.4 is 0 Å². The summed E-state index contributed by atoms with van der Waals surface area (Å²) in [6, 6.07) is 0. The van der Waals surface area contributed by atoms with Crippen molar-refractivity contribution in [1.29, 1.82) is 0 Å². The molecule has 82 valence electrons. The van der Waals surface area contributed by atoms with E-state index in [2.05, 4.69) is 14.8 Å². The predicted octanol–water partition coefficient (Wildman–Crippen LogP) is 1.86. The third kappa shape index (κ3) is 1.78. The Morgan fingerprint density at radius 2 is 2.20 bits per heavy atom. The van der Waals surface area contributed by atoms with Crippen molar-refractivity contribution >= 4 is 0 Å². The summed E-state index contributed by atoms with van der Waals surface area (Å²) in [6.45, 7) is 1.91. The van der Waals surface area contributed by atoms with Crippen molar-refractivity contribution in [3.05, 3.63) is 11.6 Å². The van der Waals surface area contributed by atoms with Gasteiger partial charge in [-0.05, 0) is 32.1 Å². The highest BCUT2D eigenvalue weighted by Gasteiger charge is 2.23. The Balaban J connectivity index is 1.82. The molecule has 0 bridgehead atoms. The van der Waals surface area contributed by atoms with Crippen LogP contribution in [0.2, 0.25) is 0 Å². The number of rotatable bonds is 1. The molecule has 1 unspecified atom stereocenters. The Morgan fingerprint density at radius 3 is 3.00 bits per heavy atom. The van der Waals surface area contributed by atoms with Crippen molar-refractivity contribution in [2.45, 2.75) is 51.2 Å². The van der Waals surface area contributed by atoms with E-state index in [0.717, 1.165) is 37.6 Å². The first-order valence-corrected chi connectivity index (χ1v) is 5.99. The number of hydrogen-bond acceptors (Lipinski definition) is 3. The van der Waals surface area contributed by atoms with Crippen molar-refractivity contribution in [3.63, 3.8) is 0 Å².